The second-order valence-electron chi connectivity index (χ2n) is 5.50. The number of halogens is 1. The molecule has 0 spiro atoms. The zero-order chi connectivity index (χ0) is 14.1. The van der Waals surface area contributed by atoms with Gasteiger partial charge >= 0.3 is 0 Å². The Bertz CT molecular complexity index is 542. The molecule has 0 aromatic carbocycles. The SMILES string of the molecule is CC1SCCSC1c1nc(C2CCCC2)c(I)c(=O)[nH]1. The fourth-order valence-electron chi connectivity index (χ4n) is 3.03. The molecule has 3 nitrogen and oxygen atoms in total. The Balaban J connectivity index is 1.97. The highest BCUT2D eigenvalue weighted by atomic mass is 127. The molecule has 0 radical (unpaired) electrons. The van der Waals surface area contributed by atoms with E-state index in [2.05, 4.69) is 34.5 Å². The van der Waals surface area contributed by atoms with Gasteiger partial charge in [0.1, 0.15) is 5.82 Å². The lowest BCUT2D eigenvalue weighted by molar-refractivity contribution is 0.668. The summed E-state index contributed by atoms with van der Waals surface area (Å²) in [5, 5.41) is 0.854. The van der Waals surface area contributed by atoms with E-state index in [1.807, 2.05) is 23.5 Å². The molecule has 2 heterocycles. The summed E-state index contributed by atoms with van der Waals surface area (Å²) in [4.78, 5) is 20.2. The van der Waals surface area contributed by atoms with E-state index in [1.165, 1.54) is 31.4 Å². The van der Waals surface area contributed by atoms with Crippen LogP contribution in [0.5, 0.6) is 0 Å². The molecule has 2 aliphatic rings. The van der Waals surface area contributed by atoms with Crippen LogP contribution in [-0.2, 0) is 0 Å². The third kappa shape index (κ3) is 3.06. The largest absolute Gasteiger partial charge is 0.309 e. The van der Waals surface area contributed by atoms with Crippen molar-refractivity contribution in [3.05, 3.63) is 25.4 Å². The van der Waals surface area contributed by atoms with Crippen molar-refractivity contribution in [2.24, 2.45) is 0 Å². The van der Waals surface area contributed by atoms with E-state index in [9.17, 15) is 4.79 Å². The van der Waals surface area contributed by atoms with Gasteiger partial charge in [0, 0.05) is 22.7 Å². The monoisotopic (exact) mass is 422 g/mol. The summed E-state index contributed by atoms with van der Waals surface area (Å²) < 4.78 is 0.805. The maximum atomic E-state index is 12.2. The fourth-order valence-corrected chi connectivity index (χ4v) is 6.44. The summed E-state index contributed by atoms with van der Waals surface area (Å²) in [6.45, 7) is 2.24. The Hall–Kier alpha value is 0.310. The molecular formula is C14H19IN2OS2. The maximum Gasteiger partial charge on any atom is 0.264 e. The minimum absolute atomic E-state index is 0.0564. The number of aromatic amines is 1. The first kappa shape index (κ1) is 15.2. The molecule has 2 fully saturated rings. The number of aromatic nitrogens is 2. The van der Waals surface area contributed by atoms with Gasteiger partial charge in [0.2, 0.25) is 0 Å². The lowest BCUT2D eigenvalue weighted by atomic mass is 10.0. The number of nitrogens with one attached hydrogen (secondary N) is 1. The Labute approximate surface area is 141 Å². The first-order chi connectivity index (χ1) is 9.66. The van der Waals surface area contributed by atoms with Gasteiger partial charge in [-0.15, -0.1) is 11.8 Å². The van der Waals surface area contributed by atoms with Crippen LogP contribution in [0.2, 0.25) is 0 Å². The predicted octanol–water partition coefficient (Wildman–Crippen LogP) is 3.94. The van der Waals surface area contributed by atoms with Crippen LogP contribution in [0.25, 0.3) is 0 Å². The normalized spacial score (nSPS) is 27.9. The summed E-state index contributed by atoms with van der Waals surface area (Å²) >= 11 is 6.09. The molecule has 1 saturated heterocycles. The molecule has 1 aliphatic heterocycles. The first-order valence-corrected chi connectivity index (χ1v) is 10.4. The van der Waals surface area contributed by atoms with Crippen LogP contribution in [0.15, 0.2) is 4.79 Å². The zero-order valence-corrected chi connectivity index (χ0v) is 15.3. The Kier molecular flexibility index (Phi) is 5.02. The number of hydrogen-bond donors (Lipinski definition) is 1. The molecule has 20 heavy (non-hydrogen) atoms. The third-order valence-electron chi connectivity index (χ3n) is 4.11. The maximum absolute atomic E-state index is 12.2. The highest BCUT2D eigenvalue weighted by Gasteiger charge is 2.29. The summed E-state index contributed by atoms with van der Waals surface area (Å²) in [6.07, 6.45) is 4.92. The summed E-state index contributed by atoms with van der Waals surface area (Å²) in [5.74, 6) is 3.75. The van der Waals surface area contributed by atoms with Crippen LogP contribution in [0.1, 0.15) is 55.3 Å². The number of hydrogen-bond acceptors (Lipinski definition) is 4. The van der Waals surface area contributed by atoms with E-state index < -0.39 is 0 Å². The van der Waals surface area contributed by atoms with Crippen molar-refractivity contribution in [1.82, 2.24) is 9.97 Å². The van der Waals surface area contributed by atoms with Crippen molar-refractivity contribution in [3.63, 3.8) is 0 Å². The number of H-pyrrole nitrogens is 1. The molecule has 110 valence electrons. The van der Waals surface area contributed by atoms with Gasteiger partial charge in [-0.2, -0.15) is 11.8 Å². The van der Waals surface area contributed by atoms with Crippen molar-refractivity contribution < 1.29 is 0 Å². The molecule has 2 unspecified atom stereocenters. The number of nitrogens with zero attached hydrogens (tertiary/aromatic N) is 1. The van der Waals surface area contributed by atoms with Crippen LogP contribution in [0.3, 0.4) is 0 Å². The second-order valence-corrected chi connectivity index (χ2v) is 9.31. The number of thioether (sulfide) groups is 2. The van der Waals surface area contributed by atoms with E-state index in [0.717, 1.165) is 20.8 Å². The molecular weight excluding hydrogens is 403 g/mol. The quantitative estimate of drug-likeness (QED) is 0.734. The van der Waals surface area contributed by atoms with Gasteiger partial charge in [-0.25, -0.2) is 4.98 Å². The molecule has 6 heteroatoms. The van der Waals surface area contributed by atoms with Gasteiger partial charge in [0.15, 0.2) is 0 Å². The minimum atomic E-state index is 0.0564. The zero-order valence-electron chi connectivity index (χ0n) is 11.5. The highest BCUT2D eigenvalue weighted by molar-refractivity contribution is 14.1. The molecule has 0 amide bonds. The molecule has 1 saturated carbocycles. The van der Waals surface area contributed by atoms with E-state index in [-0.39, 0.29) is 5.56 Å². The van der Waals surface area contributed by atoms with E-state index in [4.69, 9.17) is 4.98 Å². The van der Waals surface area contributed by atoms with Crippen LogP contribution in [0.4, 0.5) is 0 Å². The van der Waals surface area contributed by atoms with Crippen LogP contribution in [-0.4, -0.2) is 26.7 Å². The molecule has 3 rings (SSSR count). The molecule has 1 aliphatic carbocycles. The van der Waals surface area contributed by atoms with Gasteiger partial charge in [-0.3, -0.25) is 4.79 Å². The minimum Gasteiger partial charge on any atom is -0.309 e. The smallest absolute Gasteiger partial charge is 0.264 e. The molecule has 1 N–H and O–H groups in total. The first-order valence-electron chi connectivity index (χ1n) is 7.19. The topological polar surface area (TPSA) is 45.8 Å². The third-order valence-corrected chi connectivity index (χ3v) is 8.25. The molecule has 1 aromatic rings. The number of rotatable bonds is 2. The standard InChI is InChI=1S/C14H19IN2OS2/c1-8-12(20-7-6-19-8)13-16-11(9-4-2-3-5-9)10(15)14(18)17-13/h8-9,12H,2-7H2,1H3,(H,16,17,18). The van der Waals surface area contributed by atoms with E-state index in [0.29, 0.717) is 16.4 Å². The lowest BCUT2D eigenvalue weighted by Gasteiger charge is -2.27. The van der Waals surface area contributed by atoms with Gasteiger partial charge < -0.3 is 4.98 Å². The fraction of sp³-hybridized carbons (Fsp3) is 0.714. The van der Waals surface area contributed by atoms with E-state index >= 15 is 0 Å². The van der Waals surface area contributed by atoms with E-state index in [1.54, 1.807) is 0 Å². The van der Waals surface area contributed by atoms with Crippen molar-refractivity contribution in [2.75, 3.05) is 11.5 Å². The Morgan fingerprint density at radius 2 is 1.95 bits per heavy atom. The van der Waals surface area contributed by atoms with Gasteiger partial charge in [-0.1, -0.05) is 19.8 Å². The van der Waals surface area contributed by atoms with Gasteiger partial charge in [0.05, 0.1) is 14.5 Å². The summed E-state index contributed by atoms with van der Waals surface area (Å²) in [7, 11) is 0. The average molecular weight is 422 g/mol. The Morgan fingerprint density at radius 3 is 2.65 bits per heavy atom. The van der Waals surface area contributed by atoms with Gasteiger partial charge in [0.25, 0.3) is 5.56 Å². The second kappa shape index (κ2) is 6.60. The predicted molar refractivity (Wildman–Crippen MR) is 95.9 cm³/mol. The summed E-state index contributed by atoms with van der Waals surface area (Å²) in [6, 6.07) is 0. The van der Waals surface area contributed by atoms with Crippen LogP contribution < -0.4 is 5.56 Å². The van der Waals surface area contributed by atoms with Crippen LogP contribution >= 0.6 is 46.1 Å². The Morgan fingerprint density at radius 1 is 1.25 bits per heavy atom. The lowest BCUT2D eigenvalue weighted by Crippen LogP contribution is -2.25. The van der Waals surface area contributed by atoms with Crippen molar-refractivity contribution >= 4 is 46.1 Å². The van der Waals surface area contributed by atoms with Gasteiger partial charge in [-0.05, 0) is 35.4 Å². The molecule has 1 aromatic heterocycles. The summed E-state index contributed by atoms with van der Waals surface area (Å²) in [5.41, 5.74) is 1.12. The van der Waals surface area contributed by atoms with Crippen molar-refractivity contribution in [2.45, 2.75) is 49.0 Å². The highest BCUT2D eigenvalue weighted by Crippen LogP contribution is 2.42. The molecule has 2 atom stereocenters. The van der Waals surface area contributed by atoms with Crippen molar-refractivity contribution in [1.29, 1.82) is 0 Å². The van der Waals surface area contributed by atoms with Crippen LogP contribution in [0, 0.1) is 3.57 Å². The van der Waals surface area contributed by atoms with Crippen molar-refractivity contribution in [3.8, 4) is 0 Å². The average Bonchev–Trinajstić information content (AvgIpc) is 2.96. The molecule has 0 bridgehead atoms.